The molecule has 0 aromatic carbocycles. The normalized spacial score (nSPS) is 11.4. The Hall–Kier alpha value is -1.37. The number of hydrazone groups is 1. The van der Waals surface area contributed by atoms with E-state index < -0.39 is 4.92 Å². The van der Waals surface area contributed by atoms with Crippen molar-refractivity contribution in [2.45, 2.75) is 0 Å². The Kier molecular flexibility index (Phi) is 3.02. The van der Waals surface area contributed by atoms with Crippen molar-refractivity contribution >= 4 is 26.4 Å². The highest BCUT2D eigenvalue weighted by molar-refractivity contribution is 9.18. The summed E-state index contributed by atoms with van der Waals surface area (Å²) in [6.07, 6.45) is 0. The lowest BCUT2D eigenvalue weighted by Crippen LogP contribution is -1.99. The molecule has 0 bridgehead atoms. The van der Waals surface area contributed by atoms with E-state index in [1.165, 1.54) is 12.1 Å². The van der Waals surface area contributed by atoms with Crippen LogP contribution in [0.25, 0.3) is 0 Å². The highest BCUT2D eigenvalue weighted by Gasteiger charge is 2.13. The van der Waals surface area contributed by atoms with E-state index >= 15 is 0 Å². The molecule has 0 atom stereocenters. The van der Waals surface area contributed by atoms with Gasteiger partial charge in [-0.05, 0) is 22.0 Å². The van der Waals surface area contributed by atoms with Gasteiger partial charge in [0.25, 0.3) is 0 Å². The Labute approximate surface area is 81.9 Å². The predicted octanol–water partition coefficient (Wildman–Crippen LogP) is 1.46. The van der Waals surface area contributed by atoms with E-state index in [4.69, 9.17) is 4.42 Å². The number of hydrogen-bond donors (Lipinski definition) is 1. The molecule has 7 heteroatoms. The van der Waals surface area contributed by atoms with Gasteiger partial charge in [0.15, 0.2) is 10.4 Å². The first-order chi connectivity index (χ1) is 6.15. The van der Waals surface area contributed by atoms with Crippen LogP contribution in [0.15, 0.2) is 21.7 Å². The summed E-state index contributed by atoms with van der Waals surface area (Å²) in [5.41, 5.74) is 2.52. The molecule has 70 valence electrons. The minimum absolute atomic E-state index is 0.307. The summed E-state index contributed by atoms with van der Waals surface area (Å²) < 4.78 is 5.22. The largest absolute Gasteiger partial charge is 0.433 e. The molecule has 0 spiro atoms. The molecule has 0 saturated heterocycles. The van der Waals surface area contributed by atoms with E-state index in [2.05, 4.69) is 26.5 Å². The van der Waals surface area contributed by atoms with Gasteiger partial charge in [-0.1, -0.05) is 0 Å². The van der Waals surface area contributed by atoms with E-state index in [9.17, 15) is 10.1 Å². The van der Waals surface area contributed by atoms with Crippen molar-refractivity contribution in [3.05, 3.63) is 28.0 Å². The number of nitro groups is 1. The van der Waals surface area contributed by atoms with E-state index in [-0.39, 0.29) is 5.88 Å². The van der Waals surface area contributed by atoms with E-state index in [0.29, 0.717) is 10.4 Å². The first-order valence-electron chi connectivity index (χ1n) is 3.29. The number of hydrogen-bond acceptors (Lipinski definition) is 5. The molecule has 0 fully saturated rings. The molecule has 1 aromatic rings. The summed E-state index contributed by atoms with van der Waals surface area (Å²) in [5, 5.41) is 14.0. The Morgan fingerprint density at radius 1 is 1.77 bits per heavy atom. The van der Waals surface area contributed by atoms with Crippen molar-refractivity contribution in [3.8, 4) is 0 Å². The Bertz CT molecular complexity index is 347. The van der Waals surface area contributed by atoms with Crippen molar-refractivity contribution in [1.29, 1.82) is 0 Å². The van der Waals surface area contributed by atoms with Gasteiger partial charge >= 0.3 is 5.88 Å². The average molecular weight is 248 g/mol. The summed E-state index contributed by atoms with van der Waals surface area (Å²) in [5.74, 6) is -0.000645. The lowest BCUT2D eigenvalue weighted by atomic mass is 10.5. The topological polar surface area (TPSA) is 80.7 Å². The molecule has 0 aliphatic carbocycles. The zero-order valence-corrected chi connectivity index (χ0v) is 8.24. The van der Waals surface area contributed by atoms with Crippen LogP contribution in [0.4, 0.5) is 5.88 Å². The molecular weight excluding hydrogens is 242 g/mol. The van der Waals surface area contributed by atoms with Gasteiger partial charge in [0.05, 0.1) is 6.07 Å². The molecular formula is C6H6BrN3O3. The lowest BCUT2D eigenvalue weighted by Gasteiger charge is -1.90. The summed E-state index contributed by atoms with van der Waals surface area (Å²) in [7, 11) is 1.61. The Balaban J connectivity index is 2.92. The van der Waals surface area contributed by atoms with Crippen molar-refractivity contribution in [2.75, 3.05) is 7.05 Å². The fraction of sp³-hybridized carbons (Fsp3) is 0.167. The van der Waals surface area contributed by atoms with Gasteiger partial charge in [-0.2, -0.15) is 5.10 Å². The predicted molar refractivity (Wildman–Crippen MR) is 49.9 cm³/mol. The fourth-order valence-electron chi connectivity index (χ4n) is 0.690. The highest BCUT2D eigenvalue weighted by Crippen LogP contribution is 2.17. The number of nitrogens with one attached hydrogen (secondary N) is 1. The van der Waals surface area contributed by atoms with Crippen molar-refractivity contribution in [1.82, 2.24) is 5.43 Å². The summed E-state index contributed by atoms with van der Waals surface area (Å²) >= 11 is 3.08. The summed E-state index contributed by atoms with van der Waals surface area (Å²) in [6.45, 7) is 0. The van der Waals surface area contributed by atoms with Crippen LogP contribution in [-0.4, -0.2) is 16.6 Å². The van der Waals surface area contributed by atoms with Gasteiger partial charge in [0.1, 0.15) is 4.92 Å². The molecule has 6 nitrogen and oxygen atoms in total. The van der Waals surface area contributed by atoms with Crippen LogP contribution < -0.4 is 5.43 Å². The van der Waals surface area contributed by atoms with E-state index in [0.717, 1.165) is 0 Å². The van der Waals surface area contributed by atoms with Crippen molar-refractivity contribution in [3.63, 3.8) is 0 Å². The molecule has 0 amide bonds. The van der Waals surface area contributed by atoms with Crippen LogP contribution in [-0.2, 0) is 0 Å². The third-order valence-corrected chi connectivity index (χ3v) is 1.75. The number of rotatable bonds is 3. The van der Waals surface area contributed by atoms with Crippen LogP contribution in [0.2, 0.25) is 0 Å². The Morgan fingerprint density at radius 3 is 2.92 bits per heavy atom. The third kappa shape index (κ3) is 2.28. The van der Waals surface area contributed by atoms with Gasteiger partial charge in [0.2, 0.25) is 0 Å². The third-order valence-electron chi connectivity index (χ3n) is 1.19. The molecule has 0 aliphatic rings. The second kappa shape index (κ2) is 4.04. The maximum absolute atomic E-state index is 10.2. The highest BCUT2D eigenvalue weighted by atomic mass is 79.9. The lowest BCUT2D eigenvalue weighted by molar-refractivity contribution is -0.402. The van der Waals surface area contributed by atoms with Gasteiger partial charge in [-0.25, -0.2) is 0 Å². The van der Waals surface area contributed by atoms with Gasteiger partial charge in [0, 0.05) is 7.05 Å². The van der Waals surface area contributed by atoms with Crippen LogP contribution in [0.3, 0.4) is 0 Å². The smallest absolute Gasteiger partial charge is 0.398 e. The summed E-state index contributed by atoms with van der Waals surface area (Å²) in [6, 6.07) is 2.73. The fourth-order valence-corrected chi connectivity index (χ4v) is 1.08. The zero-order valence-electron chi connectivity index (χ0n) is 6.65. The first-order valence-corrected chi connectivity index (χ1v) is 4.09. The number of halogens is 1. The number of furan rings is 1. The standard InChI is InChI=1S/C6H6BrN3O3/c1-8-9-6(7)4-2-3-5(13-4)10(11)12/h2-3,8H,1H3. The molecule has 0 saturated carbocycles. The molecule has 0 unspecified atom stereocenters. The van der Waals surface area contributed by atoms with E-state index in [1.54, 1.807) is 7.05 Å². The molecule has 1 N–H and O–H groups in total. The van der Waals surface area contributed by atoms with Crippen molar-refractivity contribution in [2.24, 2.45) is 5.10 Å². The second-order valence-electron chi connectivity index (χ2n) is 2.02. The van der Waals surface area contributed by atoms with Gasteiger partial charge < -0.3 is 9.84 Å². The summed E-state index contributed by atoms with van der Waals surface area (Å²) in [4.78, 5) is 9.63. The molecule has 1 heterocycles. The molecule has 0 aliphatic heterocycles. The Morgan fingerprint density at radius 2 is 2.46 bits per heavy atom. The van der Waals surface area contributed by atoms with Gasteiger partial charge in [-0.3, -0.25) is 10.1 Å². The molecule has 1 rings (SSSR count). The van der Waals surface area contributed by atoms with Crippen LogP contribution in [0.1, 0.15) is 5.76 Å². The van der Waals surface area contributed by atoms with Crippen LogP contribution in [0, 0.1) is 10.1 Å². The number of nitrogens with zero attached hydrogens (tertiary/aromatic N) is 2. The molecule has 1 aromatic heterocycles. The van der Waals surface area contributed by atoms with Crippen LogP contribution >= 0.6 is 15.9 Å². The van der Waals surface area contributed by atoms with Crippen LogP contribution in [0.5, 0.6) is 0 Å². The maximum atomic E-state index is 10.2. The minimum Gasteiger partial charge on any atom is -0.398 e. The minimum atomic E-state index is -0.608. The SMILES string of the molecule is CNN=C(Br)c1ccc([N+](=O)[O-])o1. The first kappa shape index (κ1) is 9.72. The molecule has 13 heavy (non-hydrogen) atoms. The van der Waals surface area contributed by atoms with Crippen molar-refractivity contribution < 1.29 is 9.34 Å². The molecule has 0 radical (unpaired) electrons. The quantitative estimate of drug-likeness (QED) is 0.498. The zero-order chi connectivity index (χ0) is 9.84. The monoisotopic (exact) mass is 247 g/mol. The second-order valence-corrected chi connectivity index (χ2v) is 2.77. The van der Waals surface area contributed by atoms with E-state index in [1.807, 2.05) is 0 Å². The van der Waals surface area contributed by atoms with Gasteiger partial charge in [-0.15, -0.1) is 0 Å². The maximum Gasteiger partial charge on any atom is 0.433 e. The average Bonchev–Trinajstić information content (AvgIpc) is 2.52.